The van der Waals surface area contributed by atoms with Gasteiger partial charge in [0.25, 0.3) is 0 Å². The van der Waals surface area contributed by atoms with Crippen molar-refractivity contribution in [3.63, 3.8) is 0 Å². The monoisotopic (exact) mass is 696 g/mol. The van der Waals surface area contributed by atoms with Crippen LogP contribution in [-0.2, 0) is 15.8 Å². The summed E-state index contributed by atoms with van der Waals surface area (Å²) < 4.78 is 43.5. The smallest absolute Gasteiger partial charge is 0.229 e. The summed E-state index contributed by atoms with van der Waals surface area (Å²) in [6, 6.07) is 8.07. The number of sulfonamides is 1. The fourth-order valence-corrected chi connectivity index (χ4v) is 6.74. The second-order valence-electron chi connectivity index (χ2n) is 10.8. The SMILES string of the molecule is COc1cc(N2CCC(N3CCN(C)CC3)CC2)c(Cl)cc1Nc1ncc(Br)c(Nc2ccc(F)cc2CS(N)(=O)=O)n1. The van der Waals surface area contributed by atoms with E-state index >= 15 is 0 Å². The van der Waals surface area contributed by atoms with Crippen molar-refractivity contribution in [2.24, 2.45) is 5.14 Å². The third kappa shape index (κ3) is 8.05. The van der Waals surface area contributed by atoms with Gasteiger partial charge in [0, 0.05) is 63.3 Å². The number of ether oxygens (including phenoxy) is 1. The van der Waals surface area contributed by atoms with Crippen molar-refractivity contribution in [3.8, 4) is 5.75 Å². The summed E-state index contributed by atoms with van der Waals surface area (Å²) in [6.07, 6.45) is 3.70. The number of aromatic nitrogens is 2. The molecule has 5 rings (SSSR count). The first-order valence-electron chi connectivity index (χ1n) is 13.9. The molecule has 0 atom stereocenters. The van der Waals surface area contributed by atoms with Gasteiger partial charge in [0.1, 0.15) is 17.4 Å². The van der Waals surface area contributed by atoms with E-state index in [-0.39, 0.29) is 11.5 Å². The van der Waals surface area contributed by atoms with Gasteiger partial charge < -0.3 is 25.2 Å². The lowest BCUT2D eigenvalue weighted by atomic mass is 10.0. The van der Waals surface area contributed by atoms with Crippen molar-refractivity contribution in [1.82, 2.24) is 19.8 Å². The van der Waals surface area contributed by atoms with Crippen LogP contribution >= 0.6 is 27.5 Å². The standard InChI is InChI=1S/C28H35BrClFN8O3S/c1-37-9-11-38(12-10-37)20-5-7-39(8-6-20)25-15-26(42-2)24(14-22(25)30)35-28-33-16-21(29)27(36-28)34-23-4-3-19(31)13-18(23)17-43(32,40)41/h3-4,13-16,20H,5-12,17H2,1-2H3,(H2,32,40,41)(H2,33,34,35,36). The number of halogens is 3. The quantitative estimate of drug-likeness (QED) is 0.293. The van der Waals surface area contributed by atoms with Crippen LogP contribution in [0.5, 0.6) is 5.75 Å². The van der Waals surface area contributed by atoms with Crippen LogP contribution in [0.15, 0.2) is 41.0 Å². The Hall–Kier alpha value is -2.75. The van der Waals surface area contributed by atoms with Crippen LogP contribution in [0.2, 0.25) is 5.02 Å². The number of nitrogens with two attached hydrogens (primary N) is 1. The number of likely N-dealkylation sites (N-methyl/N-ethyl adjacent to an activating group) is 1. The molecule has 0 bridgehead atoms. The fourth-order valence-electron chi connectivity index (χ4n) is 5.49. The highest BCUT2D eigenvalue weighted by atomic mass is 79.9. The molecule has 2 saturated heterocycles. The maximum absolute atomic E-state index is 13.9. The molecule has 0 saturated carbocycles. The van der Waals surface area contributed by atoms with Gasteiger partial charge in [-0.2, -0.15) is 4.98 Å². The van der Waals surface area contributed by atoms with E-state index in [1.165, 1.54) is 18.3 Å². The van der Waals surface area contributed by atoms with Crippen molar-refractivity contribution < 1.29 is 17.5 Å². The zero-order valence-electron chi connectivity index (χ0n) is 24.0. The van der Waals surface area contributed by atoms with Gasteiger partial charge >= 0.3 is 0 Å². The Kier molecular flexibility index (Phi) is 9.93. The molecule has 2 aliphatic heterocycles. The van der Waals surface area contributed by atoms with Crippen molar-refractivity contribution in [2.45, 2.75) is 24.6 Å². The molecule has 0 spiro atoms. The van der Waals surface area contributed by atoms with Crippen LogP contribution in [0, 0.1) is 5.82 Å². The van der Waals surface area contributed by atoms with E-state index in [0.717, 1.165) is 63.9 Å². The van der Waals surface area contributed by atoms with E-state index in [0.29, 0.717) is 38.5 Å². The zero-order chi connectivity index (χ0) is 30.7. The van der Waals surface area contributed by atoms with Crippen LogP contribution in [0.1, 0.15) is 18.4 Å². The third-order valence-electron chi connectivity index (χ3n) is 7.80. The molecule has 4 N–H and O–H groups in total. The predicted molar refractivity (Wildman–Crippen MR) is 172 cm³/mol. The fraction of sp³-hybridized carbons (Fsp3) is 0.429. The number of primary sulfonamides is 1. The van der Waals surface area contributed by atoms with E-state index < -0.39 is 21.6 Å². The van der Waals surface area contributed by atoms with Crippen molar-refractivity contribution in [1.29, 1.82) is 0 Å². The summed E-state index contributed by atoms with van der Waals surface area (Å²) in [5, 5.41) is 12.0. The Labute approximate surface area is 264 Å². The van der Waals surface area contributed by atoms with E-state index in [9.17, 15) is 12.8 Å². The van der Waals surface area contributed by atoms with Gasteiger partial charge in [-0.25, -0.2) is 22.9 Å². The molecule has 11 nitrogen and oxygen atoms in total. The maximum Gasteiger partial charge on any atom is 0.229 e. The van der Waals surface area contributed by atoms with E-state index in [4.69, 9.17) is 21.5 Å². The Morgan fingerprint density at radius 2 is 1.81 bits per heavy atom. The van der Waals surface area contributed by atoms with Crippen LogP contribution < -0.4 is 25.4 Å². The summed E-state index contributed by atoms with van der Waals surface area (Å²) in [6.45, 7) is 6.29. The third-order valence-corrected chi connectivity index (χ3v) is 9.39. The lowest BCUT2D eigenvalue weighted by molar-refractivity contribution is 0.0982. The topological polar surface area (TPSA) is 129 Å². The molecule has 3 heterocycles. The first kappa shape index (κ1) is 31.7. The number of methoxy groups -OCH3 is 1. The van der Waals surface area contributed by atoms with Crippen molar-refractivity contribution >= 4 is 66.4 Å². The number of anilines is 5. The normalized spacial score (nSPS) is 17.2. The molecule has 2 aliphatic rings. The molecule has 0 aliphatic carbocycles. The molecule has 3 aromatic rings. The largest absolute Gasteiger partial charge is 0.494 e. The van der Waals surface area contributed by atoms with Crippen molar-refractivity contribution in [2.75, 3.05) is 69.0 Å². The highest BCUT2D eigenvalue weighted by Crippen LogP contribution is 2.39. The number of nitrogens with zero attached hydrogens (tertiary/aromatic N) is 5. The van der Waals surface area contributed by atoms with Gasteiger partial charge in [-0.05, 0) is 65.6 Å². The summed E-state index contributed by atoms with van der Waals surface area (Å²) in [5.41, 5.74) is 1.99. The summed E-state index contributed by atoms with van der Waals surface area (Å²) in [4.78, 5) is 16.2. The van der Waals surface area contributed by atoms with Gasteiger partial charge in [-0.15, -0.1) is 0 Å². The molecule has 43 heavy (non-hydrogen) atoms. The van der Waals surface area contributed by atoms with Gasteiger partial charge in [-0.3, -0.25) is 4.90 Å². The summed E-state index contributed by atoms with van der Waals surface area (Å²) in [7, 11) is -0.130. The average Bonchev–Trinajstić information content (AvgIpc) is 2.96. The predicted octanol–water partition coefficient (Wildman–Crippen LogP) is 4.53. The molecule has 0 amide bonds. The Morgan fingerprint density at radius 1 is 1.09 bits per heavy atom. The minimum Gasteiger partial charge on any atom is -0.494 e. The van der Waals surface area contributed by atoms with Crippen LogP contribution in [-0.4, -0.2) is 87.7 Å². The van der Waals surface area contributed by atoms with Gasteiger partial charge in [-0.1, -0.05) is 11.6 Å². The molecule has 15 heteroatoms. The van der Waals surface area contributed by atoms with E-state index in [1.54, 1.807) is 13.2 Å². The average molecular weight is 698 g/mol. The molecular formula is C28H35BrClFN8O3S. The number of piperidine rings is 1. The zero-order valence-corrected chi connectivity index (χ0v) is 27.1. The Bertz CT molecular complexity index is 1570. The number of benzene rings is 2. The Morgan fingerprint density at radius 3 is 2.49 bits per heavy atom. The van der Waals surface area contributed by atoms with Crippen LogP contribution in [0.25, 0.3) is 0 Å². The van der Waals surface area contributed by atoms with E-state index in [1.807, 2.05) is 6.07 Å². The minimum absolute atomic E-state index is 0.166. The van der Waals surface area contributed by atoms with Crippen molar-refractivity contribution in [3.05, 3.63) is 57.4 Å². The lowest BCUT2D eigenvalue weighted by Crippen LogP contribution is -2.52. The number of hydrogen-bond acceptors (Lipinski definition) is 10. The first-order valence-corrected chi connectivity index (χ1v) is 16.8. The highest BCUT2D eigenvalue weighted by Gasteiger charge is 2.28. The molecule has 0 unspecified atom stereocenters. The number of piperazine rings is 1. The molecule has 1 aromatic heterocycles. The minimum atomic E-state index is -3.90. The second-order valence-corrected chi connectivity index (χ2v) is 13.7. The van der Waals surface area contributed by atoms with Crippen LogP contribution in [0.4, 0.5) is 33.2 Å². The number of nitrogens with one attached hydrogen (secondary N) is 2. The van der Waals surface area contributed by atoms with Gasteiger partial charge in [0.05, 0.1) is 33.7 Å². The molecule has 232 valence electrons. The number of hydrogen-bond donors (Lipinski definition) is 3. The van der Waals surface area contributed by atoms with Gasteiger partial charge in [0.15, 0.2) is 0 Å². The highest BCUT2D eigenvalue weighted by molar-refractivity contribution is 9.10. The lowest BCUT2D eigenvalue weighted by Gasteiger charge is -2.42. The maximum atomic E-state index is 13.9. The van der Waals surface area contributed by atoms with Crippen LogP contribution in [0.3, 0.4) is 0 Å². The molecule has 2 fully saturated rings. The molecular weight excluding hydrogens is 663 g/mol. The number of rotatable bonds is 9. The summed E-state index contributed by atoms with van der Waals surface area (Å²) >= 11 is 10.2. The second kappa shape index (κ2) is 13.5. The Balaban J connectivity index is 1.31. The molecule has 0 radical (unpaired) electrons. The first-order chi connectivity index (χ1) is 20.5. The molecule has 2 aromatic carbocycles. The van der Waals surface area contributed by atoms with Gasteiger partial charge in [0.2, 0.25) is 16.0 Å². The summed E-state index contributed by atoms with van der Waals surface area (Å²) in [5.74, 6) is 0.00699. The van der Waals surface area contributed by atoms with E-state index in [2.05, 4.69) is 58.3 Å².